The van der Waals surface area contributed by atoms with Gasteiger partial charge in [-0.05, 0) is 30.2 Å². The van der Waals surface area contributed by atoms with Crippen LogP contribution in [-0.2, 0) is 6.61 Å². The molecule has 2 rings (SSSR count). The van der Waals surface area contributed by atoms with Gasteiger partial charge in [0.2, 0.25) is 0 Å². The van der Waals surface area contributed by atoms with E-state index in [1.54, 1.807) is 0 Å². The Morgan fingerprint density at radius 1 is 1.06 bits per heavy atom. The fraction of sp³-hybridized carbons (Fsp3) is 0.143. The third-order valence-electron chi connectivity index (χ3n) is 2.39. The van der Waals surface area contributed by atoms with Gasteiger partial charge in [0, 0.05) is 4.47 Å². The van der Waals surface area contributed by atoms with Gasteiger partial charge in [-0.3, -0.25) is 0 Å². The maximum atomic E-state index is 5.77. The van der Waals surface area contributed by atoms with Crippen LogP contribution in [0.2, 0.25) is 0 Å². The number of halogens is 1. The van der Waals surface area contributed by atoms with Gasteiger partial charge in [-0.15, -0.1) is 0 Å². The lowest BCUT2D eigenvalue weighted by atomic mass is 10.2. The lowest BCUT2D eigenvalue weighted by Crippen LogP contribution is -1.96. The minimum atomic E-state index is 0.609. The summed E-state index contributed by atoms with van der Waals surface area (Å²) >= 11 is 3.44. The minimum absolute atomic E-state index is 0.609. The first-order valence-electron chi connectivity index (χ1n) is 5.18. The Balaban J connectivity index is 2.08. The smallest absolute Gasteiger partial charge is 0.123 e. The Kier molecular flexibility index (Phi) is 3.62. The van der Waals surface area contributed by atoms with Crippen LogP contribution in [0.25, 0.3) is 0 Å². The molecule has 0 aliphatic rings. The zero-order valence-electron chi connectivity index (χ0n) is 9.11. The molecule has 2 heteroatoms. The SMILES string of the molecule is Cc1ccc(Br)cc1OCc1ccccc1. The fourth-order valence-corrected chi connectivity index (χ4v) is 1.80. The topological polar surface area (TPSA) is 9.23 Å². The van der Waals surface area contributed by atoms with Crippen molar-refractivity contribution < 1.29 is 4.74 Å². The van der Waals surface area contributed by atoms with Crippen LogP contribution in [0.3, 0.4) is 0 Å². The van der Waals surface area contributed by atoms with Gasteiger partial charge in [0.15, 0.2) is 0 Å². The molecular formula is C14H13BrO. The molecule has 0 atom stereocenters. The van der Waals surface area contributed by atoms with Gasteiger partial charge in [-0.25, -0.2) is 0 Å². The molecule has 0 aromatic heterocycles. The van der Waals surface area contributed by atoms with E-state index in [2.05, 4.69) is 28.1 Å². The Morgan fingerprint density at radius 3 is 2.56 bits per heavy atom. The van der Waals surface area contributed by atoms with E-state index in [0.717, 1.165) is 15.8 Å². The molecule has 0 fully saturated rings. The largest absolute Gasteiger partial charge is 0.489 e. The molecule has 16 heavy (non-hydrogen) atoms. The lowest BCUT2D eigenvalue weighted by Gasteiger charge is -2.09. The van der Waals surface area contributed by atoms with Crippen LogP contribution in [0.15, 0.2) is 53.0 Å². The highest BCUT2D eigenvalue weighted by molar-refractivity contribution is 9.10. The summed E-state index contributed by atoms with van der Waals surface area (Å²) < 4.78 is 6.82. The first kappa shape index (κ1) is 11.2. The molecule has 0 saturated carbocycles. The van der Waals surface area contributed by atoms with E-state index in [4.69, 9.17) is 4.74 Å². The van der Waals surface area contributed by atoms with E-state index in [-0.39, 0.29) is 0 Å². The third-order valence-corrected chi connectivity index (χ3v) is 2.88. The second-order valence-electron chi connectivity index (χ2n) is 3.68. The Hall–Kier alpha value is -1.28. The van der Waals surface area contributed by atoms with E-state index >= 15 is 0 Å². The Labute approximate surface area is 104 Å². The van der Waals surface area contributed by atoms with Gasteiger partial charge in [0.25, 0.3) is 0 Å². The van der Waals surface area contributed by atoms with Crippen molar-refractivity contribution in [2.24, 2.45) is 0 Å². The van der Waals surface area contributed by atoms with E-state index in [9.17, 15) is 0 Å². The molecule has 82 valence electrons. The number of ether oxygens (including phenoxy) is 1. The van der Waals surface area contributed by atoms with Crippen molar-refractivity contribution in [3.63, 3.8) is 0 Å². The highest BCUT2D eigenvalue weighted by Gasteiger charge is 2.00. The monoisotopic (exact) mass is 276 g/mol. The van der Waals surface area contributed by atoms with E-state index in [1.807, 2.05) is 43.3 Å². The number of aryl methyl sites for hydroxylation is 1. The van der Waals surface area contributed by atoms with Gasteiger partial charge in [0.05, 0.1) is 0 Å². The maximum Gasteiger partial charge on any atom is 0.123 e. The van der Waals surface area contributed by atoms with Gasteiger partial charge in [-0.2, -0.15) is 0 Å². The second kappa shape index (κ2) is 5.17. The Morgan fingerprint density at radius 2 is 1.81 bits per heavy atom. The predicted octanol–water partition coefficient (Wildman–Crippen LogP) is 4.34. The highest BCUT2D eigenvalue weighted by Crippen LogP contribution is 2.23. The number of rotatable bonds is 3. The summed E-state index contributed by atoms with van der Waals surface area (Å²) in [5.74, 6) is 0.929. The van der Waals surface area contributed by atoms with Gasteiger partial charge < -0.3 is 4.74 Å². The summed E-state index contributed by atoms with van der Waals surface area (Å²) in [5.41, 5.74) is 2.33. The summed E-state index contributed by atoms with van der Waals surface area (Å²) in [6.45, 7) is 2.66. The molecule has 0 spiro atoms. The molecule has 0 aliphatic carbocycles. The van der Waals surface area contributed by atoms with Gasteiger partial charge in [0.1, 0.15) is 12.4 Å². The van der Waals surface area contributed by atoms with Crippen molar-refractivity contribution in [3.05, 3.63) is 64.1 Å². The third kappa shape index (κ3) is 2.86. The molecule has 0 aliphatic heterocycles. The molecule has 1 nitrogen and oxygen atoms in total. The average Bonchev–Trinajstić information content (AvgIpc) is 2.32. The van der Waals surface area contributed by atoms with Crippen molar-refractivity contribution >= 4 is 15.9 Å². The van der Waals surface area contributed by atoms with Crippen molar-refractivity contribution in [3.8, 4) is 5.75 Å². The highest BCUT2D eigenvalue weighted by atomic mass is 79.9. The second-order valence-corrected chi connectivity index (χ2v) is 4.60. The van der Waals surface area contributed by atoms with E-state index in [0.29, 0.717) is 6.61 Å². The van der Waals surface area contributed by atoms with Crippen molar-refractivity contribution in [1.82, 2.24) is 0 Å². The molecule has 0 heterocycles. The van der Waals surface area contributed by atoms with Crippen LogP contribution in [0.5, 0.6) is 5.75 Å². The van der Waals surface area contributed by atoms with Crippen molar-refractivity contribution in [2.45, 2.75) is 13.5 Å². The average molecular weight is 277 g/mol. The number of hydrogen-bond donors (Lipinski definition) is 0. The van der Waals surface area contributed by atoms with Gasteiger partial charge in [-0.1, -0.05) is 52.3 Å². The molecule has 0 radical (unpaired) electrons. The van der Waals surface area contributed by atoms with E-state index < -0.39 is 0 Å². The maximum absolute atomic E-state index is 5.77. The summed E-state index contributed by atoms with van der Waals surface area (Å²) in [6.07, 6.45) is 0. The standard InChI is InChI=1S/C14H13BrO/c1-11-7-8-13(15)9-14(11)16-10-12-5-3-2-4-6-12/h2-9H,10H2,1H3. The Bertz CT molecular complexity index is 465. The molecule has 0 bridgehead atoms. The summed E-state index contributed by atoms with van der Waals surface area (Å²) in [4.78, 5) is 0. The number of benzene rings is 2. The first-order chi connectivity index (χ1) is 7.75. The molecule has 0 amide bonds. The lowest BCUT2D eigenvalue weighted by molar-refractivity contribution is 0.304. The van der Waals surface area contributed by atoms with Crippen LogP contribution >= 0.6 is 15.9 Å². The van der Waals surface area contributed by atoms with Crippen molar-refractivity contribution in [1.29, 1.82) is 0 Å². The number of hydrogen-bond acceptors (Lipinski definition) is 1. The van der Waals surface area contributed by atoms with Crippen LogP contribution in [0, 0.1) is 6.92 Å². The van der Waals surface area contributed by atoms with Crippen LogP contribution < -0.4 is 4.74 Å². The molecule has 0 N–H and O–H groups in total. The summed E-state index contributed by atoms with van der Waals surface area (Å²) in [7, 11) is 0. The molecule has 2 aromatic carbocycles. The normalized spacial score (nSPS) is 10.1. The summed E-state index contributed by atoms with van der Waals surface area (Å²) in [6, 6.07) is 16.2. The zero-order valence-corrected chi connectivity index (χ0v) is 10.7. The van der Waals surface area contributed by atoms with Crippen LogP contribution in [0.4, 0.5) is 0 Å². The molecule has 2 aromatic rings. The fourth-order valence-electron chi connectivity index (χ4n) is 1.46. The molecular weight excluding hydrogens is 264 g/mol. The first-order valence-corrected chi connectivity index (χ1v) is 5.98. The summed E-state index contributed by atoms with van der Waals surface area (Å²) in [5, 5.41) is 0. The molecule has 0 saturated heterocycles. The zero-order chi connectivity index (χ0) is 11.4. The van der Waals surface area contributed by atoms with Gasteiger partial charge >= 0.3 is 0 Å². The molecule has 0 unspecified atom stereocenters. The predicted molar refractivity (Wildman–Crippen MR) is 69.7 cm³/mol. The minimum Gasteiger partial charge on any atom is -0.489 e. The van der Waals surface area contributed by atoms with Crippen LogP contribution in [-0.4, -0.2) is 0 Å². The van der Waals surface area contributed by atoms with Crippen LogP contribution in [0.1, 0.15) is 11.1 Å². The van der Waals surface area contributed by atoms with Crippen molar-refractivity contribution in [2.75, 3.05) is 0 Å². The van der Waals surface area contributed by atoms with E-state index in [1.165, 1.54) is 5.56 Å². The quantitative estimate of drug-likeness (QED) is 0.811.